The van der Waals surface area contributed by atoms with E-state index in [1.165, 1.54) is 13.2 Å². The number of amides is 4. The molecule has 35 heavy (non-hydrogen) atoms. The predicted molar refractivity (Wildman–Crippen MR) is 136 cm³/mol. The van der Waals surface area contributed by atoms with Crippen LogP contribution in [0.5, 0.6) is 11.5 Å². The summed E-state index contributed by atoms with van der Waals surface area (Å²) in [4.78, 5) is 39.3. The fraction of sp³-hybridized carbons (Fsp3) is 0.148. The van der Waals surface area contributed by atoms with Crippen LogP contribution in [-0.2, 0) is 16.2 Å². The molecule has 0 aromatic heterocycles. The van der Waals surface area contributed by atoms with Gasteiger partial charge in [0.15, 0.2) is 11.5 Å². The van der Waals surface area contributed by atoms with Crippen molar-refractivity contribution < 1.29 is 23.9 Å². The Morgan fingerprint density at radius 3 is 2.46 bits per heavy atom. The maximum Gasteiger partial charge on any atom is 0.335 e. The highest BCUT2D eigenvalue weighted by molar-refractivity contribution is 9.10. The third kappa shape index (κ3) is 5.12. The lowest BCUT2D eigenvalue weighted by molar-refractivity contribution is -0.122. The van der Waals surface area contributed by atoms with Gasteiger partial charge in [-0.05, 0) is 55.3 Å². The fourth-order valence-electron chi connectivity index (χ4n) is 3.76. The summed E-state index contributed by atoms with van der Waals surface area (Å²) in [5, 5.41) is 2.25. The van der Waals surface area contributed by atoms with Crippen molar-refractivity contribution in [3.63, 3.8) is 0 Å². The molecule has 0 aliphatic carbocycles. The van der Waals surface area contributed by atoms with Crippen molar-refractivity contribution in [2.45, 2.75) is 20.5 Å². The molecule has 1 aliphatic heterocycles. The first kappa shape index (κ1) is 24.2. The van der Waals surface area contributed by atoms with Crippen LogP contribution in [0, 0.1) is 13.8 Å². The van der Waals surface area contributed by atoms with Crippen LogP contribution >= 0.6 is 15.9 Å². The summed E-state index contributed by atoms with van der Waals surface area (Å²) in [5.41, 5.74) is 3.52. The van der Waals surface area contributed by atoms with E-state index in [1.807, 2.05) is 37.3 Å². The molecule has 3 aromatic rings. The van der Waals surface area contributed by atoms with E-state index in [0.29, 0.717) is 29.4 Å². The number of barbiturate groups is 1. The normalized spacial score (nSPS) is 14.8. The van der Waals surface area contributed by atoms with Crippen LogP contribution in [0.4, 0.5) is 10.5 Å². The lowest BCUT2D eigenvalue weighted by Gasteiger charge is -2.27. The lowest BCUT2D eigenvalue weighted by atomic mass is 10.0. The number of carbonyl (C=O) groups is 3. The van der Waals surface area contributed by atoms with Gasteiger partial charge < -0.3 is 9.47 Å². The van der Waals surface area contributed by atoms with Crippen molar-refractivity contribution >= 4 is 45.5 Å². The number of ether oxygens (including phenoxy) is 2. The number of rotatable bonds is 6. The van der Waals surface area contributed by atoms with Crippen LogP contribution < -0.4 is 19.7 Å². The Morgan fingerprint density at radius 2 is 1.74 bits per heavy atom. The molecule has 1 N–H and O–H groups in total. The van der Waals surface area contributed by atoms with Crippen LogP contribution in [0.1, 0.15) is 22.3 Å². The molecular weight excluding hydrogens is 512 g/mol. The molecule has 1 heterocycles. The van der Waals surface area contributed by atoms with E-state index < -0.39 is 17.8 Å². The van der Waals surface area contributed by atoms with Gasteiger partial charge in [0.1, 0.15) is 12.2 Å². The van der Waals surface area contributed by atoms with Crippen molar-refractivity contribution in [2.24, 2.45) is 0 Å². The standard InChI is InChI=1S/C27H23BrN2O5/c1-16-8-10-22(17(2)12-16)30-26(32)20(25(31)29-27(30)33)13-18-9-11-23(24(14-18)34-3)35-15-19-6-4-5-7-21(19)28/h4-14H,15H2,1-3H3,(H,29,31,33)/b20-13+. The van der Waals surface area contributed by atoms with Crippen LogP contribution in [-0.4, -0.2) is 25.0 Å². The highest BCUT2D eigenvalue weighted by Crippen LogP contribution is 2.31. The van der Waals surface area contributed by atoms with E-state index >= 15 is 0 Å². The summed E-state index contributed by atoms with van der Waals surface area (Å²) in [6.45, 7) is 4.05. The van der Waals surface area contributed by atoms with Crippen LogP contribution in [0.3, 0.4) is 0 Å². The van der Waals surface area contributed by atoms with Gasteiger partial charge in [-0.3, -0.25) is 14.9 Å². The first-order valence-corrected chi connectivity index (χ1v) is 11.6. The summed E-state index contributed by atoms with van der Waals surface area (Å²) >= 11 is 3.50. The minimum atomic E-state index is -0.780. The zero-order valence-electron chi connectivity index (χ0n) is 19.4. The van der Waals surface area contributed by atoms with Gasteiger partial charge in [0.05, 0.1) is 12.8 Å². The Morgan fingerprint density at radius 1 is 0.971 bits per heavy atom. The number of carbonyl (C=O) groups excluding carboxylic acids is 3. The second-order valence-electron chi connectivity index (χ2n) is 8.04. The molecule has 7 nitrogen and oxygen atoms in total. The molecule has 0 radical (unpaired) electrons. The number of nitrogens with one attached hydrogen (secondary N) is 1. The molecule has 4 amide bonds. The van der Waals surface area contributed by atoms with E-state index in [1.54, 1.807) is 37.3 Å². The minimum Gasteiger partial charge on any atom is -0.493 e. The molecule has 0 bridgehead atoms. The Labute approximate surface area is 211 Å². The largest absolute Gasteiger partial charge is 0.493 e. The maximum absolute atomic E-state index is 13.2. The summed E-state index contributed by atoms with van der Waals surface area (Å²) in [6.07, 6.45) is 1.43. The van der Waals surface area contributed by atoms with Crippen LogP contribution in [0.25, 0.3) is 6.08 Å². The molecule has 0 saturated carbocycles. The molecule has 178 valence electrons. The number of urea groups is 1. The number of nitrogens with zero attached hydrogens (tertiary/aromatic N) is 1. The molecule has 8 heteroatoms. The number of halogens is 1. The molecular formula is C27H23BrN2O5. The monoisotopic (exact) mass is 534 g/mol. The van der Waals surface area contributed by atoms with Crippen LogP contribution in [0.15, 0.2) is 70.7 Å². The quantitative estimate of drug-likeness (QED) is 0.341. The first-order valence-electron chi connectivity index (χ1n) is 10.8. The number of benzene rings is 3. The van der Waals surface area contributed by atoms with Gasteiger partial charge in [-0.25, -0.2) is 9.69 Å². The summed E-state index contributed by atoms with van der Waals surface area (Å²) in [5.74, 6) is -0.498. The van der Waals surface area contributed by atoms with Gasteiger partial charge >= 0.3 is 6.03 Å². The molecule has 4 rings (SSSR count). The Hall–Kier alpha value is -3.91. The minimum absolute atomic E-state index is 0.159. The predicted octanol–water partition coefficient (Wildman–Crippen LogP) is 5.32. The second kappa shape index (κ2) is 10.1. The summed E-state index contributed by atoms with van der Waals surface area (Å²) in [6, 6.07) is 17.4. The average molecular weight is 535 g/mol. The first-order chi connectivity index (χ1) is 16.8. The number of imide groups is 2. The van der Waals surface area contributed by atoms with Gasteiger partial charge in [-0.2, -0.15) is 0 Å². The van der Waals surface area contributed by atoms with Gasteiger partial charge in [0.2, 0.25) is 0 Å². The Bertz CT molecular complexity index is 1370. The van der Waals surface area contributed by atoms with E-state index in [0.717, 1.165) is 26.1 Å². The number of anilines is 1. The van der Waals surface area contributed by atoms with Crippen molar-refractivity contribution in [2.75, 3.05) is 12.0 Å². The molecule has 1 saturated heterocycles. The van der Waals surface area contributed by atoms with Gasteiger partial charge in [0.25, 0.3) is 11.8 Å². The van der Waals surface area contributed by atoms with Gasteiger partial charge in [-0.15, -0.1) is 0 Å². The highest BCUT2D eigenvalue weighted by atomic mass is 79.9. The van der Waals surface area contributed by atoms with E-state index in [9.17, 15) is 14.4 Å². The molecule has 0 atom stereocenters. The third-order valence-electron chi connectivity index (χ3n) is 5.53. The average Bonchev–Trinajstić information content (AvgIpc) is 2.82. The Kier molecular flexibility index (Phi) is 7.02. The van der Waals surface area contributed by atoms with Crippen molar-refractivity contribution in [3.8, 4) is 11.5 Å². The lowest BCUT2D eigenvalue weighted by Crippen LogP contribution is -2.54. The van der Waals surface area contributed by atoms with E-state index in [-0.39, 0.29) is 5.57 Å². The Balaban J connectivity index is 1.62. The number of hydrogen-bond donors (Lipinski definition) is 1. The van der Waals surface area contributed by atoms with Gasteiger partial charge in [0, 0.05) is 10.0 Å². The topological polar surface area (TPSA) is 84.9 Å². The van der Waals surface area contributed by atoms with Crippen LogP contribution in [0.2, 0.25) is 0 Å². The fourth-order valence-corrected chi connectivity index (χ4v) is 4.16. The molecule has 3 aromatic carbocycles. The summed E-state index contributed by atoms with van der Waals surface area (Å²) in [7, 11) is 1.51. The van der Waals surface area contributed by atoms with Crippen molar-refractivity contribution in [1.82, 2.24) is 5.32 Å². The van der Waals surface area contributed by atoms with Crippen molar-refractivity contribution in [3.05, 3.63) is 93.0 Å². The third-order valence-corrected chi connectivity index (χ3v) is 6.31. The molecule has 0 spiro atoms. The van der Waals surface area contributed by atoms with E-state index in [4.69, 9.17) is 9.47 Å². The van der Waals surface area contributed by atoms with Crippen molar-refractivity contribution in [1.29, 1.82) is 0 Å². The smallest absolute Gasteiger partial charge is 0.335 e. The zero-order chi connectivity index (χ0) is 25.1. The highest BCUT2D eigenvalue weighted by Gasteiger charge is 2.37. The molecule has 0 unspecified atom stereocenters. The SMILES string of the molecule is COc1cc(/C=C2\C(=O)NC(=O)N(c3ccc(C)cc3C)C2=O)ccc1OCc1ccccc1Br. The van der Waals surface area contributed by atoms with Gasteiger partial charge in [-0.1, -0.05) is 57.9 Å². The molecule has 1 fully saturated rings. The number of aryl methyl sites for hydroxylation is 2. The number of methoxy groups -OCH3 is 1. The maximum atomic E-state index is 13.2. The molecule has 1 aliphatic rings. The summed E-state index contributed by atoms with van der Waals surface area (Å²) < 4.78 is 12.3. The second-order valence-corrected chi connectivity index (χ2v) is 8.89. The zero-order valence-corrected chi connectivity index (χ0v) is 21.0. The van der Waals surface area contributed by atoms with E-state index in [2.05, 4.69) is 21.2 Å². The number of hydrogen-bond acceptors (Lipinski definition) is 5.